The molecule has 6 rings (SSSR count). The summed E-state index contributed by atoms with van der Waals surface area (Å²) in [6, 6.07) is 45.6. The summed E-state index contributed by atoms with van der Waals surface area (Å²) in [5.41, 5.74) is 15.6. The normalized spacial score (nSPS) is 14.0. The lowest BCUT2D eigenvalue weighted by atomic mass is 9.99. The Morgan fingerprint density at radius 1 is 0.683 bits per heavy atom. The molecule has 0 fully saturated rings. The highest BCUT2D eigenvalue weighted by Gasteiger charge is 2.16. The number of nitrogens with zero attached hydrogens (tertiary/aromatic N) is 1. The zero-order valence-electron chi connectivity index (χ0n) is 40.4. The van der Waals surface area contributed by atoms with E-state index in [1.807, 2.05) is 26.8 Å². The van der Waals surface area contributed by atoms with E-state index in [0.717, 1.165) is 19.3 Å². The molecule has 0 spiro atoms. The van der Waals surface area contributed by atoms with E-state index in [4.69, 9.17) is 0 Å². The van der Waals surface area contributed by atoms with Crippen molar-refractivity contribution in [3.05, 3.63) is 245 Å². The number of rotatable bonds is 13. The molecule has 0 N–H and O–H groups in total. The van der Waals surface area contributed by atoms with Crippen LogP contribution in [0.4, 0.5) is 11.4 Å². The Labute approximate surface area is 384 Å². The number of allylic oxidation sites excluding steroid dienone is 15. The van der Waals surface area contributed by atoms with Gasteiger partial charge in [-0.3, -0.25) is 0 Å². The third-order valence-electron chi connectivity index (χ3n) is 10.7. The molecule has 5 aromatic carbocycles. The van der Waals surface area contributed by atoms with E-state index in [2.05, 4.69) is 261 Å². The first kappa shape index (κ1) is 51.2. The van der Waals surface area contributed by atoms with E-state index >= 15 is 0 Å². The van der Waals surface area contributed by atoms with Crippen LogP contribution in [-0.2, 0) is 6.42 Å². The third-order valence-corrected chi connectivity index (χ3v) is 10.7. The zero-order valence-corrected chi connectivity index (χ0v) is 40.4. The molecule has 1 aliphatic carbocycles. The Hall–Kier alpha value is -6.18. The van der Waals surface area contributed by atoms with Gasteiger partial charge < -0.3 is 4.90 Å². The standard InChI is InChI=1S/C32H37N.C14H14.C14H18.C2H6/c1-5-8-10-11-12-27-16-22-31(23-17-27)33(30-20-14-26(4)15-21-30)32-24-18-29(19-25-32)28(7-3)13-9-6-2;1-11-8-9-14(10-12(11)2)13-6-4-3-5-7-13;1-12(2)8-7-9-13(3)14-10-5-4-6-11-14;1-2/h5-6,8-11,13-14,16-26H,7,12,15H2,1-4H3;3-10H,1-2H3;4-11,13H,1-3H3;1-2H3/b8-5-,9-6-,11-10-,28-13+;;9-7+;. The fourth-order valence-electron chi connectivity index (χ4n) is 6.79. The minimum absolute atomic E-state index is 0.492. The van der Waals surface area contributed by atoms with Gasteiger partial charge in [0.2, 0.25) is 0 Å². The molecular weight excluding hydrogens is 759 g/mol. The van der Waals surface area contributed by atoms with Crippen molar-refractivity contribution < 1.29 is 0 Å². The van der Waals surface area contributed by atoms with Crippen LogP contribution in [0.1, 0.15) is 109 Å². The molecule has 0 saturated carbocycles. The number of hydrogen-bond acceptors (Lipinski definition) is 1. The first-order chi connectivity index (χ1) is 30.6. The Morgan fingerprint density at radius 2 is 1.30 bits per heavy atom. The van der Waals surface area contributed by atoms with Crippen LogP contribution in [0.15, 0.2) is 218 Å². The van der Waals surface area contributed by atoms with Crippen molar-refractivity contribution in [2.24, 2.45) is 5.92 Å². The highest BCUT2D eigenvalue weighted by atomic mass is 15.1. The fourth-order valence-corrected chi connectivity index (χ4v) is 6.79. The van der Waals surface area contributed by atoms with Crippen LogP contribution in [0.5, 0.6) is 0 Å². The first-order valence-corrected chi connectivity index (χ1v) is 23.1. The van der Waals surface area contributed by atoms with Crippen LogP contribution in [-0.4, -0.2) is 0 Å². The van der Waals surface area contributed by atoms with Crippen molar-refractivity contribution in [1.29, 1.82) is 0 Å². The van der Waals surface area contributed by atoms with Gasteiger partial charge in [-0.25, -0.2) is 0 Å². The number of hydrogen-bond donors (Lipinski definition) is 0. The molecule has 0 amide bonds. The van der Waals surface area contributed by atoms with Crippen molar-refractivity contribution in [3.8, 4) is 11.1 Å². The van der Waals surface area contributed by atoms with Gasteiger partial charge in [0.25, 0.3) is 0 Å². The molecule has 63 heavy (non-hydrogen) atoms. The molecule has 0 heterocycles. The minimum Gasteiger partial charge on any atom is -0.311 e. The van der Waals surface area contributed by atoms with Gasteiger partial charge in [0.15, 0.2) is 0 Å². The second-order valence-electron chi connectivity index (χ2n) is 16.0. The van der Waals surface area contributed by atoms with Gasteiger partial charge in [-0.15, -0.1) is 0 Å². The minimum atomic E-state index is 0.492. The van der Waals surface area contributed by atoms with Gasteiger partial charge in [-0.2, -0.15) is 0 Å². The molecule has 2 unspecified atom stereocenters. The van der Waals surface area contributed by atoms with E-state index in [0.29, 0.717) is 11.8 Å². The summed E-state index contributed by atoms with van der Waals surface area (Å²) in [7, 11) is 0. The van der Waals surface area contributed by atoms with Crippen LogP contribution in [0, 0.1) is 19.8 Å². The smallest absolute Gasteiger partial charge is 0.0461 e. The summed E-state index contributed by atoms with van der Waals surface area (Å²) in [5.74, 6) is 1.08. The second-order valence-corrected chi connectivity index (χ2v) is 16.0. The van der Waals surface area contributed by atoms with Gasteiger partial charge >= 0.3 is 0 Å². The maximum absolute atomic E-state index is 2.37. The second kappa shape index (κ2) is 29.2. The van der Waals surface area contributed by atoms with Gasteiger partial charge in [0.05, 0.1) is 0 Å². The monoisotopic (exact) mass is 834 g/mol. The predicted octanol–water partition coefficient (Wildman–Crippen LogP) is 18.7. The molecule has 328 valence electrons. The highest BCUT2D eigenvalue weighted by molar-refractivity contribution is 5.74. The summed E-state index contributed by atoms with van der Waals surface area (Å²) >= 11 is 0. The molecule has 0 saturated heterocycles. The SMILES string of the molecule is C/C=C\C=C/Cc1ccc(N(C2=CCC(C)C=C2)c2ccc(/C(=C/C=C\C)CC)cc2)cc1.CC.CC(C)=C/C=C/C(C)c1ccccc1.Cc1ccc(-c2ccccc2)cc1C. The Morgan fingerprint density at radius 3 is 1.86 bits per heavy atom. The van der Waals surface area contributed by atoms with Crippen molar-refractivity contribution in [2.75, 3.05) is 4.90 Å². The van der Waals surface area contributed by atoms with E-state index in [9.17, 15) is 0 Å². The summed E-state index contributed by atoms with van der Waals surface area (Å²) in [4.78, 5) is 2.37. The average molecular weight is 834 g/mol. The van der Waals surface area contributed by atoms with Crippen molar-refractivity contribution in [3.63, 3.8) is 0 Å². The highest BCUT2D eigenvalue weighted by Crippen LogP contribution is 2.34. The van der Waals surface area contributed by atoms with E-state index < -0.39 is 0 Å². The molecule has 0 aromatic heterocycles. The number of benzene rings is 5. The van der Waals surface area contributed by atoms with Crippen LogP contribution >= 0.6 is 0 Å². The molecular formula is C62H75N. The topological polar surface area (TPSA) is 3.24 Å². The summed E-state index contributed by atoms with van der Waals surface area (Å²) < 4.78 is 0. The molecule has 0 bridgehead atoms. The number of aryl methyl sites for hydroxylation is 2. The molecule has 1 nitrogen and oxygen atoms in total. The molecule has 0 radical (unpaired) electrons. The molecule has 5 aromatic rings. The quantitative estimate of drug-likeness (QED) is 0.107. The summed E-state index contributed by atoms with van der Waals surface area (Å²) in [6.45, 7) is 23.3. The molecule has 2 atom stereocenters. The Balaban J connectivity index is 0.000000288. The van der Waals surface area contributed by atoms with Crippen molar-refractivity contribution in [2.45, 2.75) is 101 Å². The van der Waals surface area contributed by atoms with Crippen molar-refractivity contribution in [1.82, 2.24) is 0 Å². The van der Waals surface area contributed by atoms with Crippen LogP contribution in [0.25, 0.3) is 16.7 Å². The largest absolute Gasteiger partial charge is 0.311 e. The fraction of sp³-hybridized carbons (Fsp3) is 0.258. The lowest BCUT2D eigenvalue weighted by molar-refractivity contribution is 0.728. The van der Waals surface area contributed by atoms with Crippen LogP contribution in [0.3, 0.4) is 0 Å². The average Bonchev–Trinajstić information content (AvgIpc) is 3.32. The lowest BCUT2D eigenvalue weighted by Crippen LogP contribution is -2.17. The van der Waals surface area contributed by atoms with Gasteiger partial charge in [0, 0.05) is 17.1 Å². The maximum atomic E-state index is 2.37. The predicted molar refractivity (Wildman–Crippen MR) is 283 cm³/mol. The Kier molecular flexibility index (Phi) is 23.7. The van der Waals surface area contributed by atoms with Gasteiger partial charge in [-0.1, -0.05) is 216 Å². The summed E-state index contributed by atoms with van der Waals surface area (Å²) in [6.07, 6.45) is 31.3. The lowest BCUT2D eigenvalue weighted by Gasteiger charge is -2.29. The zero-order chi connectivity index (χ0) is 45.8. The Bertz CT molecular complexity index is 2290. The molecule has 1 heteroatoms. The summed E-state index contributed by atoms with van der Waals surface area (Å²) in [5, 5.41) is 0. The number of anilines is 2. The van der Waals surface area contributed by atoms with Crippen molar-refractivity contribution >= 4 is 16.9 Å². The van der Waals surface area contributed by atoms with E-state index in [1.54, 1.807) is 0 Å². The van der Waals surface area contributed by atoms with Gasteiger partial charge in [-0.05, 0) is 147 Å². The van der Waals surface area contributed by atoms with Gasteiger partial charge in [0.1, 0.15) is 0 Å². The maximum Gasteiger partial charge on any atom is 0.0461 e. The van der Waals surface area contributed by atoms with Crippen LogP contribution < -0.4 is 4.90 Å². The molecule has 1 aliphatic rings. The third kappa shape index (κ3) is 18.0. The first-order valence-electron chi connectivity index (χ1n) is 23.1. The van der Waals surface area contributed by atoms with Crippen LogP contribution in [0.2, 0.25) is 0 Å². The van der Waals surface area contributed by atoms with E-state index in [-0.39, 0.29) is 0 Å². The van der Waals surface area contributed by atoms with E-state index in [1.165, 1.54) is 67.2 Å². The molecule has 0 aliphatic heterocycles.